The zero-order valence-electron chi connectivity index (χ0n) is 7.63. The van der Waals surface area contributed by atoms with Gasteiger partial charge in [0.05, 0.1) is 0 Å². The van der Waals surface area contributed by atoms with E-state index in [2.05, 4.69) is 18.8 Å². The molecule has 1 rings (SSSR count). The number of H-pyrrole nitrogens is 1. The Hall–Kier alpha value is -1.05. The summed E-state index contributed by atoms with van der Waals surface area (Å²) in [6, 6.07) is 3.76. The highest BCUT2D eigenvalue weighted by Crippen LogP contribution is 2.04. The van der Waals surface area contributed by atoms with E-state index in [1.165, 1.54) is 0 Å². The minimum atomic E-state index is 0.0538. The van der Waals surface area contributed by atoms with Crippen LogP contribution >= 0.6 is 0 Å². The van der Waals surface area contributed by atoms with Crippen LogP contribution in [0.4, 0.5) is 0 Å². The molecule has 0 bridgehead atoms. The number of aryl methyl sites for hydroxylation is 1. The lowest BCUT2D eigenvalue weighted by atomic mass is 10.0. The van der Waals surface area contributed by atoms with Crippen molar-refractivity contribution in [1.82, 2.24) is 4.98 Å². The van der Waals surface area contributed by atoms with Crippen molar-refractivity contribution in [2.45, 2.75) is 26.7 Å². The van der Waals surface area contributed by atoms with Gasteiger partial charge in [-0.05, 0) is 24.8 Å². The molecular formula is C10H15NO. The average molecular weight is 165 g/mol. The van der Waals surface area contributed by atoms with Gasteiger partial charge in [0.15, 0.2) is 0 Å². The Balaban J connectivity index is 2.64. The highest BCUT2D eigenvalue weighted by molar-refractivity contribution is 5.08. The predicted octanol–water partition coefficient (Wildman–Crippen LogP) is 1.96. The van der Waals surface area contributed by atoms with Gasteiger partial charge in [-0.15, -0.1) is 0 Å². The SMILES string of the molecule is CC(C)CCc1ccc[nH]c1=O. The second-order valence-corrected chi connectivity index (χ2v) is 3.46. The molecule has 1 aromatic rings. The van der Waals surface area contributed by atoms with Gasteiger partial charge in [-0.2, -0.15) is 0 Å². The Morgan fingerprint density at radius 1 is 1.50 bits per heavy atom. The molecule has 0 aliphatic carbocycles. The van der Waals surface area contributed by atoms with E-state index in [0.29, 0.717) is 5.92 Å². The molecule has 0 aliphatic heterocycles. The molecule has 0 spiro atoms. The van der Waals surface area contributed by atoms with Gasteiger partial charge in [-0.1, -0.05) is 19.9 Å². The van der Waals surface area contributed by atoms with E-state index in [1.807, 2.05) is 12.1 Å². The summed E-state index contributed by atoms with van der Waals surface area (Å²) >= 11 is 0. The molecule has 0 saturated heterocycles. The zero-order valence-corrected chi connectivity index (χ0v) is 7.63. The molecule has 0 fully saturated rings. The fourth-order valence-corrected chi connectivity index (χ4v) is 1.10. The van der Waals surface area contributed by atoms with Crippen molar-refractivity contribution in [3.63, 3.8) is 0 Å². The van der Waals surface area contributed by atoms with Crippen LogP contribution in [0.3, 0.4) is 0 Å². The first kappa shape index (κ1) is 9.04. The van der Waals surface area contributed by atoms with Crippen LogP contribution in [0.25, 0.3) is 0 Å². The summed E-state index contributed by atoms with van der Waals surface area (Å²) in [5, 5.41) is 0. The van der Waals surface area contributed by atoms with Gasteiger partial charge >= 0.3 is 0 Å². The van der Waals surface area contributed by atoms with Crippen LogP contribution in [0.5, 0.6) is 0 Å². The van der Waals surface area contributed by atoms with Crippen molar-refractivity contribution in [1.29, 1.82) is 0 Å². The van der Waals surface area contributed by atoms with Gasteiger partial charge in [0, 0.05) is 11.8 Å². The summed E-state index contributed by atoms with van der Waals surface area (Å²) in [7, 11) is 0. The van der Waals surface area contributed by atoms with E-state index in [9.17, 15) is 4.79 Å². The first-order valence-corrected chi connectivity index (χ1v) is 4.36. The molecule has 0 radical (unpaired) electrons. The van der Waals surface area contributed by atoms with E-state index < -0.39 is 0 Å². The van der Waals surface area contributed by atoms with Crippen molar-refractivity contribution in [3.05, 3.63) is 34.2 Å². The number of aromatic nitrogens is 1. The Morgan fingerprint density at radius 2 is 2.25 bits per heavy atom. The summed E-state index contributed by atoms with van der Waals surface area (Å²) in [4.78, 5) is 13.8. The van der Waals surface area contributed by atoms with Crippen molar-refractivity contribution in [2.24, 2.45) is 5.92 Å². The molecule has 66 valence electrons. The smallest absolute Gasteiger partial charge is 0.251 e. The number of hydrogen-bond donors (Lipinski definition) is 1. The molecule has 1 N–H and O–H groups in total. The van der Waals surface area contributed by atoms with Crippen LogP contribution in [0, 0.1) is 5.92 Å². The largest absolute Gasteiger partial charge is 0.329 e. The number of nitrogens with one attached hydrogen (secondary N) is 1. The third-order valence-corrected chi connectivity index (χ3v) is 1.89. The Labute approximate surface area is 72.6 Å². The van der Waals surface area contributed by atoms with Crippen molar-refractivity contribution in [3.8, 4) is 0 Å². The molecule has 1 aromatic heterocycles. The fourth-order valence-electron chi connectivity index (χ4n) is 1.10. The molecule has 0 aromatic carbocycles. The fraction of sp³-hybridized carbons (Fsp3) is 0.500. The molecule has 0 unspecified atom stereocenters. The van der Waals surface area contributed by atoms with E-state index in [0.717, 1.165) is 18.4 Å². The van der Waals surface area contributed by atoms with Crippen LogP contribution in [0.1, 0.15) is 25.8 Å². The summed E-state index contributed by atoms with van der Waals surface area (Å²) in [6.45, 7) is 4.33. The maximum Gasteiger partial charge on any atom is 0.251 e. The highest BCUT2D eigenvalue weighted by atomic mass is 16.1. The quantitative estimate of drug-likeness (QED) is 0.729. The summed E-state index contributed by atoms with van der Waals surface area (Å²) in [5.74, 6) is 0.657. The lowest BCUT2D eigenvalue weighted by Gasteiger charge is -2.02. The van der Waals surface area contributed by atoms with Crippen LogP contribution in [-0.4, -0.2) is 4.98 Å². The molecule has 0 aliphatic rings. The Bertz CT molecular complexity index is 288. The Morgan fingerprint density at radius 3 is 2.83 bits per heavy atom. The lowest BCUT2D eigenvalue weighted by Crippen LogP contribution is -2.11. The minimum absolute atomic E-state index is 0.0538. The predicted molar refractivity (Wildman–Crippen MR) is 50.2 cm³/mol. The molecule has 1 heterocycles. The van der Waals surface area contributed by atoms with E-state index in [4.69, 9.17) is 0 Å². The number of hydrogen-bond acceptors (Lipinski definition) is 1. The topological polar surface area (TPSA) is 32.9 Å². The summed E-state index contributed by atoms with van der Waals surface area (Å²) in [5.41, 5.74) is 0.948. The highest BCUT2D eigenvalue weighted by Gasteiger charge is 1.99. The molecule has 2 nitrogen and oxygen atoms in total. The molecule has 0 amide bonds. The molecule has 12 heavy (non-hydrogen) atoms. The average Bonchev–Trinajstić information content (AvgIpc) is 2.03. The second kappa shape index (κ2) is 4.10. The number of aromatic amines is 1. The van der Waals surface area contributed by atoms with Crippen molar-refractivity contribution in [2.75, 3.05) is 0 Å². The van der Waals surface area contributed by atoms with Gasteiger partial charge in [0.1, 0.15) is 0 Å². The van der Waals surface area contributed by atoms with E-state index >= 15 is 0 Å². The number of pyridine rings is 1. The van der Waals surface area contributed by atoms with Crippen molar-refractivity contribution >= 4 is 0 Å². The van der Waals surface area contributed by atoms with Crippen molar-refractivity contribution < 1.29 is 0 Å². The van der Waals surface area contributed by atoms with Gasteiger partial charge in [0.2, 0.25) is 0 Å². The molecule has 2 heteroatoms. The minimum Gasteiger partial charge on any atom is -0.329 e. The number of rotatable bonds is 3. The van der Waals surface area contributed by atoms with E-state index in [1.54, 1.807) is 6.20 Å². The first-order valence-electron chi connectivity index (χ1n) is 4.36. The maximum absolute atomic E-state index is 11.2. The van der Waals surface area contributed by atoms with Gasteiger partial charge in [-0.25, -0.2) is 0 Å². The molecule has 0 saturated carbocycles. The standard InChI is InChI=1S/C10H15NO/c1-8(2)5-6-9-4-3-7-11-10(9)12/h3-4,7-8H,5-6H2,1-2H3,(H,11,12). The third kappa shape index (κ3) is 2.53. The first-order chi connectivity index (χ1) is 5.70. The lowest BCUT2D eigenvalue weighted by molar-refractivity contribution is 0.584. The molecule has 0 atom stereocenters. The van der Waals surface area contributed by atoms with Gasteiger partial charge in [-0.3, -0.25) is 4.79 Å². The summed E-state index contributed by atoms with van der Waals surface area (Å²) < 4.78 is 0. The van der Waals surface area contributed by atoms with Gasteiger partial charge < -0.3 is 4.98 Å². The van der Waals surface area contributed by atoms with Gasteiger partial charge in [0.25, 0.3) is 5.56 Å². The zero-order chi connectivity index (χ0) is 8.97. The van der Waals surface area contributed by atoms with Crippen LogP contribution in [0.15, 0.2) is 23.1 Å². The molecular weight excluding hydrogens is 150 g/mol. The monoisotopic (exact) mass is 165 g/mol. The second-order valence-electron chi connectivity index (χ2n) is 3.46. The third-order valence-electron chi connectivity index (χ3n) is 1.89. The van der Waals surface area contributed by atoms with Crippen LogP contribution in [-0.2, 0) is 6.42 Å². The maximum atomic E-state index is 11.2. The Kier molecular flexibility index (Phi) is 3.09. The van der Waals surface area contributed by atoms with Crippen LogP contribution in [0.2, 0.25) is 0 Å². The van der Waals surface area contributed by atoms with E-state index in [-0.39, 0.29) is 5.56 Å². The summed E-state index contributed by atoms with van der Waals surface area (Å²) in [6.07, 6.45) is 3.63. The normalized spacial score (nSPS) is 10.6. The van der Waals surface area contributed by atoms with Crippen LogP contribution < -0.4 is 5.56 Å².